The Kier molecular flexibility index (Phi) is 12.1. The molecule has 5 aromatic rings. The van der Waals surface area contributed by atoms with Crippen molar-refractivity contribution in [2.45, 2.75) is 86.5 Å². The van der Waals surface area contributed by atoms with Gasteiger partial charge in [0.2, 0.25) is 0 Å². The average molecular weight is 770 g/mol. The van der Waals surface area contributed by atoms with Crippen LogP contribution < -0.4 is 0 Å². The SMILES string of the molecule is CCC(CC)C(=O)/C=C(\O)C(CC)CC.Cc1cc2c(o1)c(-c1[c-]c3ccccc3c(C(C)(C)C)c1)nc1cccnc12.[Ir]. The second kappa shape index (κ2) is 15.1. The van der Waals surface area contributed by atoms with Crippen molar-refractivity contribution in [1.29, 1.82) is 0 Å². The maximum absolute atomic E-state index is 11.7. The number of nitrogens with zero attached hydrogens (tertiary/aromatic N) is 2. The number of pyridine rings is 2. The van der Waals surface area contributed by atoms with E-state index in [1.807, 2.05) is 52.8 Å². The minimum absolute atomic E-state index is 0. The van der Waals surface area contributed by atoms with Crippen LogP contribution in [0.25, 0.3) is 44.0 Å². The first-order valence-electron chi connectivity index (χ1n) is 15.6. The monoisotopic (exact) mass is 770 g/mol. The first-order valence-corrected chi connectivity index (χ1v) is 15.6. The molecule has 2 aromatic carbocycles. The average Bonchev–Trinajstić information content (AvgIpc) is 3.39. The van der Waals surface area contributed by atoms with Gasteiger partial charge in [-0.1, -0.05) is 77.6 Å². The van der Waals surface area contributed by atoms with Crippen LogP contribution in [0.15, 0.2) is 71.0 Å². The van der Waals surface area contributed by atoms with E-state index in [2.05, 4.69) is 62.2 Å². The van der Waals surface area contributed by atoms with Crippen LogP contribution in [0.2, 0.25) is 0 Å². The van der Waals surface area contributed by atoms with Gasteiger partial charge in [-0.05, 0) is 56.2 Å². The number of furan rings is 1. The van der Waals surface area contributed by atoms with Crippen molar-refractivity contribution >= 4 is 38.6 Å². The molecular formula is C38H45IrN2O3-. The van der Waals surface area contributed by atoms with Gasteiger partial charge in [-0.25, -0.2) is 0 Å². The topological polar surface area (TPSA) is 76.2 Å². The van der Waals surface area contributed by atoms with E-state index >= 15 is 0 Å². The number of carbonyl (C=O) groups is 1. The molecule has 0 saturated carbocycles. The molecule has 0 aliphatic carbocycles. The van der Waals surface area contributed by atoms with Crippen molar-refractivity contribution in [2.24, 2.45) is 11.8 Å². The van der Waals surface area contributed by atoms with E-state index in [0.29, 0.717) is 0 Å². The number of benzene rings is 2. The molecule has 1 radical (unpaired) electrons. The van der Waals surface area contributed by atoms with Crippen LogP contribution in [0.1, 0.15) is 85.5 Å². The molecule has 0 aliphatic rings. The molecule has 5 rings (SSSR count). The van der Waals surface area contributed by atoms with Crippen LogP contribution in [-0.2, 0) is 30.3 Å². The fourth-order valence-corrected chi connectivity index (χ4v) is 5.67. The molecule has 0 unspecified atom stereocenters. The maximum Gasteiger partial charge on any atom is 0.162 e. The van der Waals surface area contributed by atoms with Crippen LogP contribution in [0, 0.1) is 24.8 Å². The molecule has 3 aromatic heterocycles. The Labute approximate surface area is 275 Å². The van der Waals surface area contributed by atoms with Crippen molar-refractivity contribution in [2.75, 3.05) is 0 Å². The van der Waals surface area contributed by atoms with Crippen LogP contribution in [0.4, 0.5) is 0 Å². The van der Waals surface area contributed by atoms with E-state index in [1.165, 1.54) is 17.0 Å². The molecule has 0 amide bonds. The molecule has 44 heavy (non-hydrogen) atoms. The van der Waals surface area contributed by atoms with E-state index < -0.39 is 0 Å². The number of fused-ring (bicyclic) bond motifs is 4. The van der Waals surface area contributed by atoms with Crippen molar-refractivity contribution in [3.05, 3.63) is 84.0 Å². The van der Waals surface area contributed by atoms with Gasteiger partial charge in [-0.3, -0.25) is 14.8 Å². The molecule has 0 spiro atoms. The van der Waals surface area contributed by atoms with Crippen LogP contribution in [0.3, 0.4) is 0 Å². The number of carbonyl (C=O) groups excluding carboxylic acids is 1. The molecule has 0 aliphatic heterocycles. The number of hydrogen-bond donors (Lipinski definition) is 1. The van der Waals surface area contributed by atoms with Crippen molar-refractivity contribution in [3.8, 4) is 11.3 Å². The van der Waals surface area contributed by atoms with Crippen molar-refractivity contribution in [3.63, 3.8) is 0 Å². The third-order valence-corrected chi connectivity index (χ3v) is 8.26. The molecule has 1 N–H and O–H groups in total. The predicted octanol–water partition coefficient (Wildman–Crippen LogP) is 10.5. The zero-order chi connectivity index (χ0) is 31.3. The number of allylic oxidation sites excluding steroid dienone is 2. The fraction of sp³-hybridized carbons (Fsp3) is 0.395. The van der Waals surface area contributed by atoms with Gasteiger partial charge < -0.3 is 9.52 Å². The third-order valence-electron chi connectivity index (χ3n) is 8.26. The normalized spacial score (nSPS) is 12.1. The van der Waals surface area contributed by atoms with Gasteiger partial charge >= 0.3 is 0 Å². The summed E-state index contributed by atoms with van der Waals surface area (Å²) >= 11 is 0. The number of hydrogen-bond acceptors (Lipinski definition) is 5. The van der Waals surface area contributed by atoms with E-state index in [-0.39, 0.29) is 48.9 Å². The van der Waals surface area contributed by atoms with E-state index in [0.717, 1.165) is 70.1 Å². The number of aryl methyl sites for hydroxylation is 1. The predicted molar refractivity (Wildman–Crippen MR) is 178 cm³/mol. The quantitative estimate of drug-likeness (QED) is 0.0966. The van der Waals surface area contributed by atoms with Crippen LogP contribution in [-0.4, -0.2) is 20.9 Å². The summed E-state index contributed by atoms with van der Waals surface area (Å²) in [5, 5.41) is 13.1. The Morgan fingerprint density at radius 1 is 0.955 bits per heavy atom. The number of ketones is 1. The van der Waals surface area contributed by atoms with Gasteiger partial charge in [-0.2, -0.15) is 0 Å². The minimum atomic E-state index is 0. The van der Waals surface area contributed by atoms with Gasteiger partial charge in [0.1, 0.15) is 11.3 Å². The Bertz CT molecular complexity index is 1760. The summed E-state index contributed by atoms with van der Waals surface area (Å²) in [4.78, 5) is 21.2. The van der Waals surface area contributed by atoms with Gasteiger partial charge in [0.05, 0.1) is 16.8 Å². The first kappa shape index (κ1) is 35.1. The largest absolute Gasteiger partial charge is 0.512 e. The second-order valence-corrected chi connectivity index (χ2v) is 12.3. The summed E-state index contributed by atoms with van der Waals surface area (Å²) in [5.74, 6) is 1.40. The zero-order valence-electron chi connectivity index (χ0n) is 27.2. The Balaban J connectivity index is 0.000000286. The van der Waals surface area contributed by atoms with Gasteiger partial charge in [0.25, 0.3) is 0 Å². The molecule has 5 nitrogen and oxygen atoms in total. The van der Waals surface area contributed by atoms with Crippen molar-refractivity contribution in [1.82, 2.24) is 9.97 Å². The molecule has 6 heteroatoms. The minimum Gasteiger partial charge on any atom is -0.512 e. The Morgan fingerprint density at radius 3 is 2.25 bits per heavy atom. The molecule has 0 bridgehead atoms. The van der Waals surface area contributed by atoms with E-state index in [4.69, 9.17) is 9.40 Å². The summed E-state index contributed by atoms with van der Waals surface area (Å²) in [6.07, 6.45) is 6.70. The zero-order valence-corrected chi connectivity index (χ0v) is 29.6. The Hall–Kier alpha value is -3.34. The standard InChI is InChI=1S/C25H21N2O.C13H24O2.Ir/c1-15-12-19-23-21(10-7-11-26-23)27-22(24(19)28-15)17-13-16-8-5-6-9-18(16)20(14-17)25(2,3)4;1-5-10(6-2)12(14)9-13(15)11(7-3)8-4;/h5-12,14H,1-4H3;9-11,14H,5-8H2,1-4H3;/q-1;;/b;12-9-;. The summed E-state index contributed by atoms with van der Waals surface area (Å²) < 4.78 is 6.08. The van der Waals surface area contributed by atoms with E-state index in [9.17, 15) is 9.90 Å². The molecular weight excluding hydrogens is 725 g/mol. The van der Waals surface area contributed by atoms with Crippen molar-refractivity contribution < 1.29 is 34.4 Å². The number of rotatable bonds is 8. The van der Waals surface area contributed by atoms with Crippen LogP contribution in [0.5, 0.6) is 0 Å². The molecule has 0 atom stereocenters. The summed E-state index contributed by atoms with van der Waals surface area (Å²) in [6, 6.07) is 20.2. The van der Waals surface area contributed by atoms with Gasteiger partial charge in [0, 0.05) is 55.3 Å². The van der Waals surface area contributed by atoms with E-state index in [1.54, 1.807) is 6.20 Å². The van der Waals surface area contributed by atoms with Gasteiger partial charge in [-0.15, -0.1) is 29.1 Å². The number of aromatic nitrogens is 2. The molecule has 235 valence electrons. The third kappa shape index (κ3) is 7.65. The molecule has 3 heterocycles. The van der Waals surface area contributed by atoms with Crippen LogP contribution >= 0.6 is 0 Å². The maximum atomic E-state index is 11.7. The number of aliphatic hydroxyl groups excluding tert-OH is 1. The smallest absolute Gasteiger partial charge is 0.162 e. The summed E-state index contributed by atoms with van der Waals surface area (Å²) in [5.41, 5.74) is 5.56. The molecule has 0 saturated heterocycles. The number of aliphatic hydroxyl groups is 1. The fourth-order valence-electron chi connectivity index (χ4n) is 5.67. The first-order chi connectivity index (χ1) is 20.5. The Morgan fingerprint density at radius 2 is 1.61 bits per heavy atom. The summed E-state index contributed by atoms with van der Waals surface area (Å²) in [7, 11) is 0. The molecule has 0 fully saturated rings. The second-order valence-electron chi connectivity index (χ2n) is 12.3. The summed E-state index contributed by atoms with van der Waals surface area (Å²) in [6.45, 7) is 16.7. The van der Waals surface area contributed by atoms with Gasteiger partial charge in [0.15, 0.2) is 5.78 Å².